The van der Waals surface area contributed by atoms with Crippen LogP contribution in [0.15, 0.2) is 42.5 Å². The molecule has 1 aliphatic rings. The number of anilines is 2. The summed E-state index contributed by atoms with van der Waals surface area (Å²) in [4.78, 5) is 25.8. The number of nitrogens with zero attached hydrogens (tertiary/aromatic N) is 1. The van der Waals surface area contributed by atoms with Crippen LogP contribution in [-0.2, 0) is 17.6 Å². The molecular weight excluding hydrogens is 288 g/mol. The zero-order chi connectivity index (χ0) is 16.4. The molecule has 0 aromatic heterocycles. The van der Waals surface area contributed by atoms with Crippen LogP contribution in [0.2, 0.25) is 0 Å². The van der Waals surface area contributed by atoms with Crippen molar-refractivity contribution in [2.75, 3.05) is 17.2 Å². The topological polar surface area (TPSA) is 63.4 Å². The average Bonchev–Trinajstić information content (AvgIpc) is 2.55. The summed E-state index contributed by atoms with van der Waals surface area (Å²) >= 11 is 0. The minimum Gasteiger partial charge on any atom is -0.398 e. The van der Waals surface area contributed by atoms with Crippen LogP contribution < -0.4 is 10.6 Å². The van der Waals surface area contributed by atoms with Crippen molar-refractivity contribution in [3.8, 4) is 0 Å². The summed E-state index contributed by atoms with van der Waals surface area (Å²) in [5, 5.41) is 0. The monoisotopic (exact) mass is 308 g/mol. The van der Waals surface area contributed by atoms with Gasteiger partial charge in [0.15, 0.2) is 5.78 Å². The maximum absolute atomic E-state index is 12.7. The van der Waals surface area contributed by atoms with Crippen molar-refractivity contribution in [1.29, 1.82) is 0 Å². The molecule has 2 aromatic rings. The fraction of sp³-hybridized carbons (Fsp3) is 0.263. The summed E-state index contributed by atoms with van der Waals surface area (Å²) < 4.78 is 0. The summed E-state index contributed by atoms with van der Waals surface area (Å²) in [5.41, 5.74) is 10.4. The van der Waals surface area contributed by atoms with E-state index in [2.05, 4.69) is 0 Å². The summed E-state index contributed by atoms with van der Waals surface area (Å²) in [6.07, 6.45) is 2.17. The molecule has 2 N–H and O–H groups in total. The molecule has 2 aromatic carbocycles. The first-order valence-corrected chi connectivity index (χ1v) is 7.84. The number of rotatable bonds is 3. The third kappa shape index (κ3) is 3.11. The van der Waals surface area contributed by atoms with Gasteiger partial charge in [0.05, 0.1) is 6.42 Å². The van der Waals surface area contributed by atoms with Crippen molar-refractivity contribution in [1.82, 2.24) is 0 Å². The molecule has 1 aliphatic heterocycles. The number of hydrogen-bond donors (Lipinski definition) is 1. The third-order valence-electron chi connectivity index (χ3n) is 4.30. The van der Waals surface area contributed by atoms with Crippen LogP contribution in [0.25, 0.3) is 0 Å². The number of fused-ring (bicyclic) bond motifs is 1. The van der Waals surface area contributed by atoms with E-state index in [0.717, 1.165) is 41.9 Å². The van der Waals surface area contributed by atoms with E-state index in [1.54, 1.807) is 12.1 Å². The summed E-state index contributed by atoms with van der Waals surface area (Å²) in [5.74, 6) is 0.0930. The number of nitrogens with two attached hydrogens (primary N) is 1. The number of Topliss-reactive ketones (excluding diaryl/α,β-unsaturated/α-hetero) is 1. The standard InChI is InChI=1S/C19H20N2O2/c1-13(22)15-9-7-14(8-10-15)12-19(23)21-11-3-4-16-17(20)5-2-6-18(16)21/h2,5-10H,3-4,11-12,20H2,1H3. The number of ketones is 1. The van der Waals surface area contributed by atoms with Gasteiger partial charge in [0.25, 0.3) is 0 Å². The van der Waals surface area contributed by atoms with E-state index in [0.29, 0.717) is 12.0 Å². The summed E-state index contributed by atoms with van der Waals surface area (Å²) in [6, 6.07) is 13.0. The fourth-order valence-electron chi connectivity index (χ4n) is 3.04. The molecule has 0 fully saturated rings. The Balaban J connectivity index is 1.79. The van der Waals surface area contributed by atoms with Crippen molar-refractivity contribution >= 4 is 23.1 Å². The zero-order valence-corrected chi connectivity index (χ0v) is 13.2. The second-order valence-corrected chi connectivity index (χ2v) is 5.92. The van der Waals surface area contributed by atoms with Crippen LogP contribution in [-0.4, -0.2) is 18.2 Å². The highest BCUT2D eigenvalue weighted by molar-refractivity contribution is 5.97. The van der Waals surface area contributed by atoms with Crippen molar-refractivity contribution in [2.24, 2.45) is 0 Å². The molecule has 0 radical (unpaired) electrons. The van der Waals surface area contributed by atoms with E-state index in [1.165, 1.54) is 6.92 Å². The Hall–Kier alpha value is -2.62. The van der Waals surface area contributed by atoms with Crippen LogP contribution in [0, 0.1) is 0 Å². The van der Waals surface area contributed by atoms with Gasteiger partial charge in [-0.15, -0.1) is 0 Å². The Bertz CT molecular complexity index is 750. The summed E-state index contributed by atoms with van der Waals surface area (Å²) in [6.45, 7) is 2.26. The lowest BCUT2D eigenvalue weighted by atomic mass is 9.99. The van der Waals surface area contributed by atoms with Crippen molar-refractivity contribution in [2.45, 2.75) is 26.2 Å². The second kappa shape index (κ2) is 6.24. The van der Waals surface area contributed by atoms with Gasteiger partial charge in [0.1, 0.15) is 0 Å². The molecule has 1 heterocycles. The Morgan fingerprint density at radius 2 is 1.87 bits per heavy atom. The molecule has 0 spiro atoms. The number of nitrogen functional groups attached to an aromatic ring is 1. The first-order valence-electron chi connectivity index (χ1n) is 7.84. The van der Waals surface area contributed by atoms with Gasteiger partial charge >= 0.3 is 0 Å². The van der Waals surface area contributed by atoms with Gasteiger partial charge in [-0.1, -0.05) is 30.3 Å². The van der Waals surface area contributed by atoms with E-state index >= 15 is 0 Å². The summed E-state index contributed by atoms with van der Waals surface area (Å²) in [7, 11) is 0. The first-order chi connectivity index (χ1) is 11.1. The lowest BCUT2D eigenvalue weighted by Gasteiger charge is -2.30. The molecule has 0 unspecified atom stereocenters. The normalized spacial score (nSPS) is 13.5. The molecule has 4 heteroatoms. The van der Waals surface area contributed by atoms with Gasteiger partial charge in [0.2, 0.25) is 5.91 Å². The van der Waals surface area contributed by atoms with Crippen LogP contribution in [0.3, 0.4) is 0 Å². The van der Waals surface area contributed by atoms with Crippen LogP contribution in [0.4, 0.5) is 11.4 Å². The number of carbonyl (C=O) groups excluding carboxylic acids is 2. The van der Waals surface area contributed by atoms with Crippen LogP contribution in [0.1, 0.15) is 34.8 Å². The molecule has 4 nitrogen and oxygen atoms in total. The molecular formula is C19H20N2O2. The number of hydrogen-bond acceptors (Lipinski definition) is 3. The lowest BCUT2D eigenvalue weighted by Crippen LogP contribution is -2.36. The zero-order valence-electron chi connectivity index (χ0n) is 13.2. The first kappa shape index (κ1) is 15.3. The van der Waals surface area contributed by atoms with Gasteiger partial charge in [-0.25, -0.2) is 0 Å². The molecule has 23 heavy (non-hydrogen) atoms. The maximum atomic E-state index is 12.7. The lowest BCUT2D eigenvalue weighted by molar-refractivity contribution is -0.118. The Morgan fingerprint density at radius 3 is 2.57 bits per heavy atom. The highest BCUT2D eigenvalue weighted by atomic mass is 16.2. The van der Waals surface area contributed by atoms with Crippen molar-refractivity contribution in [3.05, 3.63) is 59.2 Å². The highest BCUT2D eigenvalue weighted by Gasteiger charge is 2.23. The van der Waals surface area contributed by atoms with Gasteiger partial charge in [-0.3, -0.25) is 9.59 Å². The molecule has 0 atom stereocenters. The SMILES string of the molecule is CC(=O)c1ccc(CC(=O)N2CCCc3c(N)cccc32)cc1. The van der Waals surface area contributed by atoms with E-state index in [4.69, 9.17) is 5.73 Å². The number of carbonyl (C=O) groups is 2. The molecule has 118 valence electrons. The van der Waals surface area contributed by atoms with Crippen LogP contribution in [0.5, 0.6) is 0 Å². The Morgan fingerprint density at radius 1 is 1.13 bits per heavy atom. The number of benzene rings is 2. The Kier molecular flexibility index (Phi) is 4.15. The maximum Gasteiger partial charge on any atom is 0.231 e. The van der Waals surface area contributed by atoms with E-state index in [1.807, 2.05) is 35.2 Å². The quantitative estimate of drug-likeness (QED) is 0.700. The van der Waals surface area contributed by atoms with E-state index < -0.39 is 0 Å². The average molecular weight is 308 g/mol. The predicted octanol–water partition coefficient (Wildman–Crippen LogP) is 2.99. The predicted molar refractivity (Wildman–Crippen MR) is 91.7 cm³/mol. The molecule has 0 saturated heterocycles. The van der Waals surface area contributed by atoms with Gasteiger partial charge in [-0.05, 0) is 43.0 Å². The minimum absolute atomic E-state index is 0.0308. The molecule has 0 saturated carbocycles. The van der Waals surface area contributed by atoms with Crippen molar-refractivity contribution < 1.29 is 9.59 Å². The Labute approximate surface area is 135 Å². The van der Waals surface area contributed by atoms with Crippen LogP contribution >= 0.6 is 0 Å². The molecule has 3 rings (SSSR count). The van der Waals surface area contributed by atoms with Crippen molar-refractivity contribution in [3.63, 3.8) is 0 Å². The second-order valence-electron chi connectivity index (χ2n) is 5.92. The minimum atomic E-state index is 0.0308. The molecule has 0 aliphatic carbocycles. The largest absolute Gasteiger partial charge is 0.398 e. The van der Waals surface area contributed by atoms with Gasteiger partial charge in [0, 0.05) is 23.5 Å². The fourth-order valence-corrected chi connectivity index (χ4v) is 3.04. The smallest absolute Gasteiger partial charge is 0.231 e. The van der Waals surface area contributed by atoms with Gasteiger partial charge in [-0.2, -0.15) is 0 Å². The highest BCUT2D eigenvalue weighted by Crippen LogP contribution is 2.31. The van der Waals surface area contributed by atoms with Gasteiger partial charge < -0.3 is 10.6 Å². The third-order valence-corrected chi connectivity index (χ3v) is 4.30. The molecule has 1 amide bonds. The number of amides is 1. The van der Waals surface area contributed by atoms with E-state index in [-0.39, 0.29) is 11.7 Å². The molecule has 0 bridgehead atoms. The van der Waals surface area contributed by atoms with E-state index in [9.17, 15) is 9.59 Å².